The Kier molecular flexibility index (Phi) is 2.52. The van der Waals surface area contributed by atoms with E-state index in [1.54, 1.807) is 0 Å². The van der Waals surface area contributed by atoms with Crippen molar-refractivity contribution in [3.8, 4) is 5.88 Å². The number of carboxylic acids is 1. The predicted molar refractivity (Wildman–Crippen MR) is 35.1 cm³/mol. The van der Waals surface area contributed by atoms with Crippen LogP contribution in [0, 0.1) is 5.82 Å². The summed E-state index contributed by atoms with van der Waals surface area (Å²) < 4.78 is 17.1. The van der Waals surface area contributed by atoms with Crippen molar-refractivity contribution in [1.29, 1.82) is 0 Å². The Bertz CT molecular complexity index is 292. The Morgan fingerprint density at radius 1 is 1.75 bits per heavy atom. The third-order valence-electron chi connectivity index (χ3n) is 0.966. The van der Waals surface area contributed by atoms with E-state index >= 15 is 0 Å². The molecule has 0 aliphatic carbocycles. The topological polar surface area (TPSA) is 72.3 Å². The molecular weight excluding hydrogens is 167 g/mol. The van der Waals surface area contributed by atoms with Crippen LogP contribution in [0.25, 0.3) is 0 Å². The van der Waals surface area contributed by atoms with Gasteiger partial charge in [-0.05, 0) is 0 Å². The maximum atomic E-state index is 12.6. The van der Waals surface area contributed by atoms with Gasteiger partial charge < -0.3 is 9.84 Å². The molecule has 0 atom stereocenters. The van der Waals surface area contributed by atoms with Crippen molar-refractivity contribution in [1.82, 2.24) is 9.97 Å². The first kappa shape index (κ1) is 8.38. The van der Waals surface area contributed by atoms with Crippen LogP contribution in [0.3, 0.4) is 0 Å². The second-order valence-electron chi connectivity index (χ2n) is 1.86. The third-order valence-corrected chi connectivity index (χ3v) is 0.966. The van der Waals surface area contributed by atoms with Gasteiger partial charge in [-0.25, -0.2) is 9.78 Å². The number of carboxylic acid groups (broad SMARTS) is 1. The lowest BCUT2D eigenvalue weighted by Crippen LogP contribution is -2.11. The second-order valence-corrected chi connectivity index (χ2v) is 1.86. The third kappa shape index (κ3) is 2.15. The van der Waals surface area contributed by atoms with Gasteiger partial charge in [0.2, 0.25) is 5.82 Å². The van der Waals surface area contributed by atoms with Gasteiger partial charge >= 0.3 is 5.97 Å². The molecule has 5 nitrogen and oxygen atoms in total. The SMILES string of the molecule is O=C(O)COc1ncncc1F. The number of ether oxygens (including phenoxy) is 1. The highest BCUT2D eigenvalue weighted by Crippen LogP contribution is 2.08. The van der Waals surface area contributed by atoms with Crippen molar-refractivity contribution in [2.75, 3.05) is 6.61 Å². The van der Waals surface area contributed by atoms with E-state index in [4.69, 9.17) is 5.11 Å². The molecule has 0 unspecified atom stereocenters. The average Bonchev–Trinajstić information content (AvgIpc) is 2.03. The molecule has 0 bridgehead atoms. The molecule has 0 aliphatic heterocycles. The number of hydrogen-bond donors (Lipinski definition) is 1. The Balaban J connectivity index is 2.63. The Hall–Kier alpha value is -1.72. The van der Waals surface area contributed by atoms with Crippen LogP contribution in [0.5, 0.6) is 5.88 Å². The van der Waals surface area contributed by atoms with E-state index in [9.17, 15) is 9.18 Å². The smallest absolute Gasteiger partial charge is 0.341 e. The van der Waals surface area contributed by atoms with Gasteiger partial charge in [0.05, 0.1) is 6.20 Å². The van der Waals surface area contributed by atoms with Gasteiger partial charge in [0.25, 0.3) is 5.88 Å². The molecule has 1 rings (SSSR count). The number of halogens is 1. The standard InChI is InChI=1S/C6H5FN2O3/c7-4-1-8-3-9-6(4)12-2-5(10)11/h1,3H,2H2,(H,10,11). The number of carbonyl (C=O) groups is 1. The van der Waals surface area contributed by atoms with E-state index in [0.717, 1.165) is 12.5 Å². The summed E-state index contributed by atoms with van der Waals surface area (Å²) in [5.41, 5.74) is 0. The van der Waals surface area contributed by atoms with Crippen LogP contribution in [0.2, 0.25) is 0 Å². The largest absolute Gasteiger partial charge is 0.479 e. The van der Waals surface area contributed by atoms with Gasteiger partial charge in [0.15, 0.2) is 6.61 Å². The first-order valence-electron chi connectivity index (χ1n) is 3.00. The molecule has 1 aromatic rings. The van der Waals surface area contributed by atoms with E-state index in [1.807, 2.05) is 0 Å². The average molecular weight is 172 g/mol. The summed E-state index contributed by atoms with van der Waals surface area (Å²) in [5.74, 6) is -2.32. The molecule has 0 radical (unpaired) electrons. The van der Waals surface area contributed by atoms with Crippen LogP contribution in [-0.2, 0) is 4.79 Å². The van der Waals surface area contributed by atoms with E-state index in [-0.39, 0.29) is 5.88 Å². The van der Waals surface area contributed by atoms with Crippen LogP contribution in [0.4, 0.5) is 4.39 Å². The van der Waals surface area contributed by atoms with Crippen molar-refractivity contribution in [2.45, 2.75) is 0 Å². The quantitative estimate of drug-likeness (QED) is 0.698. The zero-order valence-electron chi connectivity index (χ0n) is 5.90. The van der Waals surface area contributed by atoms with E-state index < -0.39 is 18.4 Å². The normalized spacial score (nSPS) is 9.42. The van der Waals surface area contributed by atoms with E-state index in [2.05, 4.69) is 14.7 Å². The first-order valence-corrected chi connectivity index (χ1v) is 3.00. The lowest BCUT2D eigenvalue weighted by Gasteiger charge is -2.00. The van der Waals surface area contributed by atoms with E-state index in [1.165, 1.54) is 0 Å². The summed E-state index contributed by atoms with van der Waals surface area (Å²) in [6, 6.07) is 0. The lowest BCUT2D eigenvalue weighted by molar-refractivity contribution is -0.139. The Labute approximate surface area is 66.8 Å². The number of hydrogen-bond acceptors (Lipinski definition) is 4. The van der Waals surface area contributed by atoms with Crippen LogP contribution in [0.15, 0.2) is 12.5 Å². The summed E-state index contributed by atoms with van der Waals surface area (Å²) in [4.78, 5) is 16.7. The van der Waals surface area contributed by atoms with Crippen LogP contribution >= 0.6 is 0 Å². The second kappa shape index (κ2) is 3.61. The number of aromatic nitrogens is 2. The first-order chi connectivity index (χ1) is 5.70. The molecule has 12 heavy (non-hydrogen) atoms. The van der Waals surface area contributed by atoms with Gasteiger partial charge in [0.1, 0.15) is 6.33 Å². The summed E-state index contributed by atoms with van der Waals surface area (Å²) >= 11 is 0. The highest BCUT2D eigenvalue weighted by atomic mass is 19.1. The fourth-order valence-corrected chi connectivity index (χ4v) is 0.538. The predicted octanol–water partition coefficient (Wildman–Crippen LogP) is 0.0791. The van der Waals surface area contributed by atoms with Gasteiger partial charge in [-0.1, -0.05) is 0 Å². The highest BCUT2D eigenvalue weighted by Gasteiger charge is 2.05. The summed E-state index contributed by atoms with van der Waals surface area (Å²) in [6.45, 7) is -0.617. The Morgan fingerprint density at radius 2 is 2.50 bits per heavy atom. The van der Waals surface area contributed by atoms with Crippen molar-refractivity contribution in [3.63, 3.8) is 0 Å². The molecule has 0 saturated carbocycles. The van der Waals surface area contributed by atoms with Gasteiger partial charge in [-0.3, -0.25) is 0 Å². The maximum absolute atomic E-state index is 12.6. The molecule has 6 heteroatoms. The van der Waals surface area contributed by atoms with Crippen molar-refractivity contribution >= 4 is 5.97 Å². The summed E-state index contributed by atoms with van der Waals surface area (Å²) in [6.07, 6.45) is 1.96. The van der Waals surface area contributed by atoms with Crippen LogP contribution in [-0.4, -0.2) is 27.7 Å². The van der Waals surface area contributed by atoms with Gasteiger partial charge in [-0.15, -0.1) is 0 Å². The maximum Gasteiger partial charge on any atom is 0.341 e. The minimum atomic E-state index is -1.19. The number of nitrogens with zero attached hydrogens (tertiary/aromatic N) is 2. The molecule has 0 aliphatic rings. The summed E-state index contributed by atoms with van der Waals surface area (Å²) in [7, 11) is 0. The molecule has 64 valence electrons. The number of aliphatic carboxylic acids is 1. The van der Waals surface area contributed by atoms with Crippen molar-refractivity contribution in [2.24, 2.45) is 0 Å². The summed E-state index contributed by atoms with van der Waals surface area (Å²) in [5, 5.41) is 8.17. The minimum Gasteiger partial charge on any atom is -0.479 e. The molecule has 0 spiro atoms. The van der Waals surface area contributed by atoms with Gasteiger partial charge in [-0.2, -0.15) is 9.37 Å². The Morgan fingerprint density at radius 3 is 3.08 bits per heavy atom. The van der Waals surface area contributed by atoms with Crippen molar-refractivity contribution < 1.29 is 19.0 Å². The van der Waals surface area contributed by atoms with Crippen LogP contribution < -0.4 is 4.74 Å². The molecule has 1 N–H and O–H groups in total. The number of rotatable bonds is 3. The van der Waals surface area contributed by atoms with E-state index in [0.29, 0.717) is 0 Å². The molecule has 0 saturated heterocycles. The fraction of sp³-hybridized carbons (Fsp3) is 0.167. The molecule has 0 aromatic carbocycles. The van der Waals surface area contributed by atoms with Crippen LogP contribution in [0.1, 0.15) is 0 Å². The van der Waals surface area contributed by atoms with Gasteiger partial charge in [0, 0.05) is 0 Å². The molecule has 0 fully saturated rings. The zero-order valence-corrected chi connectivity index (χ0v) is 5.90. The fourth-order valence-electron chi connectivity index (χ4n) is 0.538. The molecular formula is C6H5FN2O3. The monoisotopic (exact) mass is 172 g/mol. The molecule has 0 amide bonds. The molecule has 1 aromatic heterocycles. The lowest BCUT2D eigenvalue weighted by atomic mass is 10.6. The highest BCUT2D eigenvalue weighted by molar-refractivity contribution is 5.68. The minimum absolute atomic E-state index is 0.354. The zero-order chi connectivity index (χ0) is 8.97. The molecule has 1 heterocycles. The van der Waals surface area contributed by atoms with Crippen molar-refractivity contribution in [3.05, 3.63) is 18.3 Å².